The molecule has 1 heterocycles. The second-order valence-electron chi connectivity index (χ2n) is 5.44. The lowest BCUT2D eigenvalue weighted by atomic mass is 10.0. The van der Waals surface area contributed by atoms with Gasteiger partial charge in [-0.2, -0.15) is 0 Å². The number of carboxylic acids is 1. The highest BCUT2D eigenvalue weighted by atomic mass is 32.1. The molecular weight excluding hydrogens is 332 g/mol. The lowest BCUT2D eigenvalue weighted by Crippen LogP contribution is -2.13. The monoisotopic (exact) mass is 352 g/mol. The van der Waals surface area contributed by atoms with Crippen LogP contribution >= 0.6 is 11.3 Å². The molecule has 2 rings (SSSR count). The number of carbonyl (C=O) groups is 2. The zero-order chi connectivity index (χ0) is 17.7. The maximum absolute atomic E-state index is 12.2. The van der Waals surface area contributed by atoms with Gasteiger partial charge in [-0.1, -0.05) is 6.92 Å². The largest absolute Gasteiger partial charge is 0.493 e. The highest BCUT2D eigenvalue weighted by molar-refractivity contribution is 7.20. The fraction of sp³-hybridized carbons (Fsp3) is 0.412. The van der Waals surface area contributed by atoms with Crippen molar-refractivity contribution in [3.05, 3.63) is 23.1 Å². The second kappa shape index (κ2) is 8.12. The van der Waals surface area contributed by atoms with E-state index in [2.05, 4.69) is 0 Å². The van der Waals surface area contributed by atoms with Gasteiger partial charge in [0, 0.05) is 30.2 Å². The van der Waals surface area contributed by atoms with Crippen molar-refractivity contribution in [2.45, 2.75) is 19.8 Å². The number of fused-ring (bicyclic) bond motifs is 1. The van der Waals surface area contributed by atoms with Gasteiger partial charge in [0.15, 0.2) is 17.3 Å². The minimum absolute atomic E-state index is 0.0286. The highest BCUT2D eigenvalue weighted by Gasteiger charge is 2.19. The Kier molecular flexibility index (Phi) is 6.16. The topological polar surface area (TPSA) is 93.1 Å². The summed E-state index contributed by atoms with van der Waals surface area (Å²) in [4.78, 5) is 23.6. The van der Waals surface area contributed by atoms with Crippen molar-refractivity contribution in [2.24, 2.45) is 5.92 Å². The van der Waals surface area contributed by atoms with Crippen molar-refractivity contribution in [3.63, 3.8) is 0 Å². The van der Waals surface area contributed by atoms with Crippen LogP contribution in [-0.2, 0) is 4.79 Å². The fourth-order valence-electron chi connectivity index (χ4n) is 2.17. The van der Waals surface area contributed by atoms with E-state index in [9.17, 15) is 9.59 Å². The van der Waals surface area contributed by atoms with Crippen LogP contribution in [0.3, 0.4) is 0 Å². The number of aliphatic hydroxyl groups excluding tert-OH is 1. The molecular formula is C17H20O6S. The van der Waals surface area contributed by atoms with Crippen molar-refractivity contribution < 1.29 is 29.3 Å². The van der Waals surface area contributed by atoms with E-state index < -0.39 is 11.9 Å². The van der Waals surface area contributed by atoms with Crippen molar-refractivity contribution in [3.8, 4) is 11.5 Å². The van der Waals surface area contributed by atoms with E-state index in [1.54, 1.807) is 18.2 Å². The molecule has 0 aliphatic heterocycles. The highest BCUT2D eigenvalue weighted by Crippen LogP contribution is 2.37. The Balaban J connectivity index is 2.26. The van der Waals surface area contributed by atoms with Gasteiger partial charge >= 0.3 is 5.97 Å². The molecule has 0 radical (unpaired) electrons. The molecule has 1 aromatic heterocycles. The molecule has 24 heavy (non-hydrogen) atoms. The number of Topliss-reactive ketones (excluding diaryl/α,β-unsaturated/α-hetero) is 1. The summed E-state index contributed by atoms with van der Waals surface area (Å²) in [5.74, 6) is -0.775. The second-order valence-corrected chi connectivity index (χ2v) is 6.53. The summed E-state index contributed by atoms with van der Waals surface area (Å²) in [5.41, 5.74) is 0. The minimum atomic E-state index is -0.981. The summed E-state index contributed by atoms with van der Waals surface area (Å²) < 4.78 is 11.8. The summed E-state index contributed by atoms with van der Waals surface area (Å²) in [7, 11) is 1.53. The van der Waals surface area contributed by atoms with Gasteiger partial charge < -0.3 is 19.7 Å². The number of aliphatic hydroxyl groups is 1. The van der Waals surface area contributed by atoms with Crippen LogP contribution in [0, 0.1) is 5.92 Å². The molecule has 0 saturated carbocycles. The Bertz CT molecular complexity index is 736. The van der Waals surface area contributed by atoms with Crippen molar-refractivity contribution in [1.29, 1.82) is 0 Å². The third kappa shape index (κ3) is 4.24. The quantitative estimate of drug-likeness (QED) is 0.532. The molecule has 6 nitrogen and oxygen atoms in total. The molecule has 2 aromatic rings. The van der Waals surface area contributed by atoms with Gasteiger partial charge in [-0.3, -0.25) is 9.59 Å². The molecule has 7 heteroatoms. The normalized spacial score (nSPS) is 12.1. The number of methoxy groups -OCH3 is 1. The zero-order valence-electron chi connectivity index (χ0n) is 13.6. The average Bonchev–Trinajstić information content (AvgIpc) is 2.97. The molecule has 0 fully saturated rings. The summed E-state index contributed by atoms with van der Waals surface area (Å²) in [6.45, 7) is 1.93. The zero-order valence-corrected chi connectivity index (χ0v) is 14.4. The maximum atomic E-state index is 12.2. The molecule has 1 aromatic carbocycles. The number of carboxylic acid groups (broad SMARTS) is 1. The number of aliphatic carboxylic acids is 1. The third-order valence-electron chi connectivity index (χ3n) is 3.55. The van der Waals surface area contributed by atoms with Crippen LogP contribution in [-0.4, -0.2) is 42.3 Å². The van der Waals surface area contributed by atoms with Crippen LogP contribution < -0.4 is 9.47 Å². The van der Waals surface area contributed by atoms with Crippen LogP contribution in [0.2, 0.25) is 0 Å². The van der Waals surface area contributed by atoms with E-state index in [0.717, 1.165) is 10.1 Å². The summed E-state index contributed by atoms with van der Waals surface area (Å²) in [5, 5.41) is 18.6. The number of thiophene rings is 1. The first-order valence-electron chi connectivity index (χ1n) is 7.57. The number of hydrogen-bond acceptors (Lipinski definition) is 6. The van der Waals surface area contributed by atoms with Gasteiger partial charge in [-0.25, -0.2) is 0 Å². The van der Waals surface area contributed by atoms with Gasteiger partial charge in [0.1, 0.15) is 0 Å². The van der Waals surface area contributed by atoms with Crippen LogP contribution in [0.5, 0.6) is 11.5 Å². The van der Waals surface area contributed by atoms with E-state index >= 15 is 0 Å². The van der Waals surface area contributed by atoms with E-state index in [-0.39, 0.29) is 18.8 Å². The number of hydrogen-bond donors (Lipinski definition) is 2. The Morgan fingerprint density at radius 1 is 1.25 bits per heavy atom. The van der Waals surface area contributed by atoms with E-state index in [1.807, 2.05) is 0 Å². The molecule has 0 aliphatic carbocycles. The smallest absolute Gasteiger partial charge is 0.306 e. The summed E-state index contributed by atoms with van der Waals surface area (Å²) in [6, 6.07) is 5.34. The molecule has 0 bridgehead atoms. The van der Waals surface area contributed by atoms with Crippen molar-refractivity contribution in [2.75, 3.05) is 20.3 Å². The minimum Gasteiger partial charge on any atom is -0.493 e. The fourth-order valence-corrected chi connectivity index (χ4v) is 3.19. The molecule has 2 N–H and O–H groups in total. The number of carbonyl (C=O) groups excluding carboxylic acids is 1. The number of ketones is 1. The first kappa shape index (κ1) is 18.2. The van der Waals surface area contributed by atoms with Crippen LogP contribution in [0.25, 0.3) is 10.1 Å². The van der Waals surface area contributed by atoms with Gasteiger partial charge in [0.05, 0.1) is 24.5 Å². The lowest BCUT2D eigenvalue weighted by molar-refractivity contribution is -0.141. The van der Waals surface area contributed by atoms with Crippen LogP contribution in [0.4, 0.5) is 0 Å². The Labute approximate surface area is 143 Å². The standard InChI is InChI=1S/C17H20O6S/c1-10(17(20)21)6-12(19)16-8-11-7-13(22-2)14(9-15(11)24-16)23-5-3-4-18/h7-10,18H,3-6H2,1-2H3,(H,20,21). The Morgan fingerprint density at radius 2 is 2.00 bits per heavy atom. The maximum Gasteiger partial charge on any atom is 0.306 e. The number of benzene rings is 1. The average molecular weight is 352 g/mol. The third-order valence-corrected chi connectivity index (χ3v) is 4.69. The first-order valence-corrected chi connectivity index (χ1v) is 8.39. The lowest BCUT2D eigenvalue weighted by Gasteiger charge is -2.10. The number of rotatable bonds is 9. The van der Waals surface area contributed by atoms with Crippen molar-refractivity contribution >= 4 is 33.2 Å². The molecule has 1 unspecified atom stereocenters. The van der Waals surface area contributed by atoms with Crippen LogP contribution in [0.1, 0.15) is 29.4 Å². The molecule has 0 amide bonds. The predicted molar refractivity (Wildman–Crippen MR) is 91.3 cm³/mol. The predicted octanol–water partition coefficient (Wildman–Crippen LogP) is 2.96. The van der Waals surface area contributed by atoms with Crippen molar-refractivity contribution in [1.82, 2.24) is 0 Å². The van der Waals surface area contributed by atoms with Gasteiger partial charge in [-0.05, 0) is 17.5 Å². The Hall–Kier alpha value is -2.12. The molecule has 1 atom stereocenters. The first-order chi connectivity index (χ1) is 11.5. The van der Waals surface area contributed by atoms with E-state index in [4.69, 9.17) is 19.7 Å². The van der Waals surface area contributed by atoms with Gasteiger partial charge in [0.2, 0.25) is 0 Å². The van der Waals surface area contributed by atoms with E-state index in [1.165, 1.54) is 25.4 Å². The summed E-state index contributed by atoms with van der Waals surface area (Å²) >= 11 is 1.30. The number of ether oxygens (including phenoxy) is 2. The van der Waals surface area contributed by atoms with Gasteiger partial charge in [0.25, 0.3) is 0 Å². The molecule has 0 aliphatic rings. The molecule has 0 spiro atoms. The molecule has 130 valence electrons. The van der Waals surface area contributed by atoms with E-state index in [0.29, 0.717) is 29.4 Å². The summed E-state index contributed by atoms with van der Waals surface area (Å²) in [6.07, 6.45) is 0.488. The SMILES string of the molecule is COc1cc2cc(C(=O)CC(C)C(=O)O)sc2cc1OCCCO. The molecule has 0 saturated heterocycles. The Morgan fingerprint density at radius 3 is 2.62 bits per heavy atom. The van der Waals surface area contributed by atoms with Crippen LogP contribution in [0.15, 0.2) is 18.2 Å². The van der Waals surface area contributed by atoms with Gasteiger partial charge in [-0.15, -0.1) is 11.3 Å².